The van der Waals surface area contributed by atoms with Crippen molar-refractivity contribution in [1.82, 2.24) is 19.8 Å². The van der Waals surface area contributed by atoms with Gasteiger partial charge < -0.3 is 15.5 Å². The van der Waals surface area contributed by atoms with Gasteiger partial charge in [0.25, 0.3) is 0 Å². The number of guanidine groups is 1. The topological polar surface area (TPSA) is 77.0 Å². The average molecular weight is 569 g/mol. The van der Waals surface area contributed by atoms with E-state index in [-0.39, 0.29) is 43.0 Å². The van der Waals surface area contributed by atoms with Gasteiger partial charge in [0.1, 0.15) is 0 Å². The van der Waals surface area contributed by atoms with Crippen molar-refractivity contribution >= 4 is 40.0 Å². The van der Waals surface area contributed by atoms with E-state index in [1.807, 2.05) is 0 Å². The highest BCUT2D eigenvalue weighted by Crippen LogP contribution is 2.30. The molecule has 2 aliphatic rings. The highest BCUT2D eigenvalue weighted by molar-refractivity contribution is 14.0. The molecule has 2 aliphatic heterocycles. The fourth-order valence-corrected chi connectivity index (χ4v) is 4.92. The molecule has 0 aromatic rings. The van der Waals surface area contributed by atoms with E-state index in [0.717, 1.165) is 26.1 Å². The zero-order valence-corrected chi connectivity index (χ0v) is 20.9. The van der Waals surface area contributed by atoms with Gasteiger partial charge in [-0.05, 0) is 51.5 Å². The highest BCUT2D eigenvalue weighted by Gasteiger charge is 2.50. The van der Waals surface area contributed by atoms with E-state index in [0.29, 0.717) is 35.7 Å². The van der Waals surface area contributed by atoms with E-state index in [9.17, 15) is 21.6 Å². The number of aliphatic imine (C=N–C) groups is 1. The molecule has 2 N–H and O–H groups in total. The Kier molecular flexibility index (Phi) is 11.7. The van der Waals surface area contributed by atoms with Crippen molar-refractivity contribution in [3.8, 4) is 0 Å². The molecule has 0 aromatic carbocycles. The van der Waals surface area contributed by atoms with Crippen LogP contribution in [0.2, 0.25) is 0 Å². The summed E-state index contributed by atoms with van der Waals surface area (Å²) in [7, 11) is -3.53. The molecular weight excluding hydrogens is 534 g/mol. The number of nitrogens with one attached hydrogen (secondary N) is 2. The number of hydrogen-bond acceptors (Lipinski definition) is 4. The van der Waals surface area contributed by atoms with Crippen LogP contribution in [0, 0.1) is 5.92 Å². The van der Waals surface area contributed by atoms with Crippen LogP contribution in [0.1, 0.15) is 45.4 Å². The molecule has 0 radical (unpaired) electrons. The van der Waals surface area contributed by atoms with Gasteiger partial charge in [-0.3, -0.25) is 4.99 Å². The molecule has 7 nitrogen and oxygen atoms in total. The van der Waals surface area contributed by atoms with Crippen LogP contribution in [0.3, 0.4) is 0 Å². The van der Waals surface area contributed by atoms with Crippen LogP contribution < -0.4 is 10.6 Å². The van der Waals surface area contributed by atoms with Crippen LogP contribution in [0.5, 0.6) is 0 Å². The lowest BCUT2D eigenvalue weighted by Gasteiger charge is -2.33. The van der Waals surface area contributed by atoms with Crippen molar-refractivity contribution in [2.24, 2.45) is 10.9 Å². The Morgan fingerprint density at radius 1 is 1.10 bits per heavy atom. The van der Waals surface area contributed by atoms with Crippen molar-refractivity contribution in [2.75, 3.05) is 46.3 Å². The predicted octanol–water partition coefficient (Wildman–Crippen LogP) is 2.60. The van der Waals surface area contributed by atoms with E-state index < -0.39 is 15.5 Å². The summed E-state index contributed by atoms with van der Waals surface area (Å²) in [6.45, 7) is 5.64. The average Bonchev–Trinajstić information content (AvgIpc) is 2.68. The first-order valence-electron chi connectivity index (χ1n) is 10.4. The Labute approximate surface area is 195 Å². The fraction of sp³-hybridized carbons (Fsp3) is 0.944. The molecule has 0 aromatic heterocycles. The summed E-state index contributed by atoms with van der Waals surface area (Å²) in [6, 6.07) is 0.646. The van der Waals surface area contributed by atoms with Crippen LogP contribution in [-0.2, 0) is 10.0 Å². The van der Waals surface area contributed by atoms with Gasteiger partial charge in [-0.15, -0.1) is 24.0 Å². The number of piperidine rings is 2. The zero-order valence-electron chi connectivity index (χ0n) is 17.7. The molecule has 2 fully saturated rings. The summed E-state index contributed by atoms with van der Waals surface area (Å²) in [6.07, 6.45) is 5.65. The minimum Gasteiger partial charge on any atom is -0.356 e. The lowest BCUT2D eigenvalue weighted by atomic mass is 9.98. The molecule has 1 atom stereocenters. The van der Waals surface area contributed by atoms with Gasteiger partial charge in [0, 0.05) is 45.8 Å². The highest BCUT2D eigenvalue weighted by atomic mass is 127. The summed E-state index contributed by atoms with van der Waals surface area (Å²) >= 11 is 0. The molecule has 178 valence electrons. The first-order valence-corrected chi connectivity index (χ1v) is 11.8. The summed E-state index contributed by atoms with van der Waals surface area (Å²) in [5.41, 5.74) is -5.23. The molecule has 30 heavy (non-hydrogen) atoms. The summed E-state index contributed by atoms with van der Waals surface area (Å²) in [5, 5.41) is 6.48. The normalized spacial score (nSPS) is 23.1. The van der Waals surface area contributed by atoms with Gasteiger partial charge >= 0.3 is 15.5 Å². The maximum atomic E-state index is 12.6. The number of likely N-dealkylation sites (tertiary alicyclic amines) is 1. The molecule has 0 spiro atoms. The van der Waals surface area contributed by atoms with E-state index in [1.54, 1.807) is 7.05 Å². The lowest BCUT2D eigenvalue weighted by molar-refractivity contribution is -0.0496. The standard InChI is InChI=1S/C18H34F3N5O2S.HI/c1-15-6-3-4-10-25(15)11-5-9-23-17(22-2)24-14-16-7-12-26(13-8-16)29(27,28)18(19,20)21;/h15-16H,3-14H2,1-2H3,(H2,22,23,24);1H. The predicted molar refractivity (Wildman–Crippen MR) is 124 cm³/mol. The molecule has 1 unspecified atom stereocenters. The van der Waals surface area contributed by atoms with E-state index in [1.165, 1.54) is 19.3 Å². The second-order valence-electron chi connectivity index (χ2n) is 7.91. The Morgan fingerprint density at radius 3 is 2.33 bits per heavy atom. The quantitative estimate of drug-likeness (QED) is 0.214. The minimum atomic E-state index is -5.23. The van der Waals surface area contributed by atoms with Gasteiger partial charge in [0.15, 0.2) is 5.96 Å². The third kappa shape index (κ3) is 7.97. The van der Waals surface area contributed by atoms with Crippen LogP contribution in [0.25, 0.3) is 0 Å². The molecule has 12 heteroatoms. The molecular formula is C18H35F3IN5O2S. The number of hydrogen-bond donors (Lipinski definition) is 2. The van der Waals surface area contributed by atoms with Crippen LogP contribution in [0.15, 0.2) is 4.99 Å². The van der Waals surface area contributed by atoms with Crippen molar-refractivity contribution in [2.45, 2.75) is 57.0 Å². The molecule has 0 bridgehead atoms. The zero-order chi connectivity index (χ0) is 21.5. The third-order valence-corrected chi connectivity index (χ3v) is 7.47. The first-order chi connectivity index (χ1) is 13.6. The van der Waals surface area contributed by atoms with E-state index in [4.69, 9.17) is 0 Å². The van der Waals surface area contributed by atoms with Crippen molar-refractivity contribution < 1.29 is 21.6 Å². The summed E-state index contributed by atoms with van der Waals surface area (Å²) < 4.78 is 61.4. The Bertz CT molecular complexity index is 640. The van der Waals surface area contributed by atoms with Gasteiger partial charge in [0.05, 0.1) is 0 Å². The molecule has 0 saturated carbocycles. The monoisotopic (exact) mass is 569 g/mol. The van der Waals surface area contributed by atoms with Crippen LogP contribution >= 0.6 is 24.0 Å². The number of alkyl halides is 3. The van der Waals surface area contributed by atoms with Crippen LogP contribution in [-0.4, -0.2) is 81.4 Å². The number of sulfonamides is 1. The van der Waals surface area contributed by atoms with Crippen LogP contribution in [0.4, 0.5) is 13.2 Å². The maximum absolute atomic E-state index is 12.6. The minimum absolute atomic E-state index is 0. The molecule has 2 saturated heterocycles. The van der Waals surface area contributed by atoms with E-state index in [2.05, 4.69) is 27.4 Å². The smallest absolute Gasteiger partial charge is 0.356 e. The van der Waals surface area contributed by atoms with Crippen molar-refractivity contribution in [1.29, 1.82) is 0 Å². The Balaban J connectivity index is 0.00000450. The summed E-state index contributed by atoms with van der Waals surface area (Å²) in [5.74, 6) is 0.782. The Morgan fingerprint density at radius 2 is 1.77 bits per heavy atom. The summed E-state index contributed by atoms with van der Waals surface area (Å²) in [4.78, 5) is 6.70. The number of nitrogens with zero attached hydrogens (tertiary/aromatic N) is 3. The fourth-order valence-electron chi connectivity index (χ4n) is 3.94. The first kappa shape index (κ1) is 27.7. The second-order valence-corrected chi connectivity index (χ2v) is 9.84. The van der Waals surface area contributed by atoms with Gasteiger partial charge in [0.2, 0.25) is 0 Å². The van der Waals surface area contributed by atoms with Crippen molar-refractivity contribution in [3.05, 3.63) is 0 Å². The lowest BCUT2D eigenvalue weighted by Crippen LogP contribution is -2.47. The Hall–Kier alpha value is -0.340. The second kappa shape index (κ2) is 12.6. The molecule has 0 amide bonds. The number of rotatable bonds is 7. The van der Waals surface area contributed by atoms with Crippen molar-refractivity contribution in [3.63, 3.8) is 0 Å². The van der Waals surface area contributed by atoms with Gasteiger partial charge in [-0.1, -0.05) is 6.42 Å². The van der Waals surface area contributed by atoms with Gasteiger partial charge in [-0.25, -0.2) is 8.42 Å². The van der Waals surface area contributed by atoms with Gasteiger partial charge in [-0.2, -0.15) is 17.5 Å². The molecule has 2 rings (SSSR count). The third-order valence-electron chi connectivity index (χ3n) is 5.84. The SMILES string of the molecule is CN=C(NCCCN1CCCCC1C)NCC1CCN(S(=O)(=O)C(F)(F)F)CC1.I. The molecule has 0 aliphatic carbocycles. The number of halogens is 4. The largest absolute Gasteiger partial charge is 0.511 e. The molecule has 2 heterocycles. The van der Waals surface area contributed by atoms with E-state index >= 15 is 0 Å². The maximum Gasteiger partial charge on any atom is 0.511 e.